The molecule has 0 aromatic heterocycles. The molecule has 4 heteroatoms. The maximum absolute atomic E-state index is 12.0. The Balaban J connectivity index is 1.79. The van der Waals surface area contributed by atoms with Crippen LogP contribution in [-0.2, 0) is 4.79 Å². The zero-order chi connectivity index (χ0) is 13.7. The molecule has 110 valence electrons. The van der Waals surface area contributed by atoms with E-state index in [0.717, 1.165) is 26.1 Å². The Bertz CT molecular complexity index is 292. The minimum atomic E-state index is 0.196. The van der Waals surface area contributed by atoms with E-state index in [9.17, 15) is 4.79 Å². The van der Waals surface area contributed by atoms with Crippen LogP contribution in [-0.4, -0.2) is 50.1 Å². The Morgan fingerprint density at radius 1 is 1.32 bits per heavy atom. The molecule has 0 bridgehead atoms. The highest BCUT2D eigenvalue weighted by molar-refractivity contribution is 5.76. The molecule has 1 unspecified atom stereocenters. The normalized spacial score (nSPS) is 26.6. The van der Waals surface area contributed by atoms with Crippen LogP contribution in [0.3, 0.4) is 0 Å². The first kappa shape index (κ1) is 14.8. The van der Waals surface area contributed by atoms with Gasteiger partial charge in [-0.15, -0.1) is 0 Å². The van der Waals surface area contributed by atoms with Crippen LogP contribution < -0.4 is 10.6 Å². The summed E-state index contributed by atoms with van der Waals surface area (Å²) in [7, 11) is 4.30. The molecule has 2 N–H and O–H groups in total. The topological polar surface area (TPSA) is 44.4 Å². The predicted molar refractivity (Wildman–Crippen MR) is 78.1 cm³/mol. The average Bonchev–Trinajstić information content (AvgIpc) is 2.90. The molecule has 2 aliphatic rings. The van der Waals surface area contributed by atoms with Crippen molar-refractivity contribution in [2.24, 2.45) is 5.92 Å². The van der Waals surface area contributed by atoms with Gasteiger partial charge in [0.15, 0.2) is 0 Å². The number of amides is 1. The van der Waals surface area contributed by atoms with E-state index in [1.165, 1.54) is 32.1 Å². The van der Waals surface area contributed by atoms with Crippen LogP contribution in [0, 0.1) is 5.92 Å². The van der Waals surface area contributed by atoms with Gasteiger partial charge in [0.2, 0.25) is 5.91 Å². The van der Waals surface area contributed by atoms with E-state index >= 15 is 0 Å². The summed E-state index contributed by atoms with van der Waals surface area (Å²) in [4.78, 5) is 14.4. The Morgan fingerprint density at radius 2 is 2.05 bits per heavy atom. The SMILES string of the molecule is CN(C)C1(CNC(=O)CC2CCNC2)CCCCC1. The minimum Gasteiger partial charge on any atom is -0.354 e. The molecule has 1 saturated carbocycles. The number of carbonyl (C=O) groups excluding carboxylic acids is 1. The summed E-state index contributed by atoms with van der Waals surface area (Å²) in [6.45, 7) is 2.89. The quantitative estimate of drug-likeness (QED) is 0.791. The van der Waals surface area contributed by atoms with E-state index in [1.807, 2.05) is 0 Å². The van der Waals surface area contributed by atoms with Crippen molar-refractivity contribution >= 4 is 5.91 Å². The highest BCUT2D eigenvalue weighted by atomic mass is 16.1. The lowest BCUT2D eigenvalue weighted by atomic mass is 9.80. The number of hydrogen-bond donors (Lipinski definition) is 2. The van der Waals surface area contributed by atoms with E-state index in [2.05, 4.69) is 29.6 Å². The summed E-state index contributed by atoms with van der Waals surface area (Å²) in [5.74, 6) is 0.780. The van der Waals surface area contributed by atoms with Crippen molar-refractivity contribution < 1.29 is 4.79 Å². The first-order valence-electron chi connectivity index (χ1n) is 7.77. The first-order chi connectivity index (χ1) is 9.12. The van der Waals surface area contributed by atoms with Crippen LogP contribution in [0.1, 0.15) is 44.9 Å². The van der Waals surface area contributed by atoms with Gasteiger partial charge in [0, 0.05) is 18.5 Å². The highest BCUT2D eigenvalue weighted by Gasteiger charge is 2.34. The molecule has 0 aromatic carbocycles. The molecule has 1 saturated heterocycles. The van der Waals surface area contributed by atoms with Crippen molar-refractivity contribution in [2.45, 2.75) is 50.5 Å². The third kappa shape index (κ3) is 3.93. The van der Waals surface area contributed by atoms with Gasteiger partial charge in [0.05, 0.1) is 0 Å². The highest BCUT2D eigenvalue weighted by Crippen LogP contribution is 2.31. The fraction of sp³-hybridized carbons (Fsp3) is 0.933. The minimum absolute atomic E-state index is 0.196. The maximum Gasteiger partial charge on any atom is 0.220 e. The average molecular weight is 267 g/mol. The number of hydrogen-bond acceptors (Lipinski definition) is 3. The molecule has 0 radical (unpaired) electrons. The van der Waals surface area contributed by atoms with E-state index in [1.54, 1.807) is 0 Å². The van der Waals surface area contributed by atoms with Crippen molar-refractivity contribution in [2.75, 3.05) is 33.7 Å². The number of likely N-dealkylation sites (N-methyl/N-ethyl adjacent to an activating group) is 1. The van der Waals surface area contributed by atoms with E-state index in [-0.39, 0.29) is 11.4 Å². The summed E-state index contributed by atoms with van der Waals surface area (Å²) in [6.07, 6.45) is 8.19. The lowest BCUT2D eigenvalue weighted by Crippen LogP contribution is -2.53. The molecule has 1 amide bonds. The zero-order valence-electron chi connectivity index (χ0n) is 12.5. The molecule has 0 aromatic rings. The molecule has 0 spiro atoms. The van der Waals surface area contributed by atoms with Crippen LogP contribution in [0.4, 0.5) is 0 Å². The van der Waals surface area contributed by atoms with Crippen LogP contribution in [0.25, 0.3) is 0 Å². The molecule has 1 atom stereocenters. The second kappa shape index (κ2) is 6.71. The van der Waals surface area contributed by atoms with Crippen LogP contribution in [0.5, 0.6) is 0 Å². The van der Waals surface area contributed by atoms with E-state index in [4.69, 9.17) is 0 Å². The van der Waals surface area contributed by atoms with Gasteiger partial charge < -0.3 is 15.5 Å². The fourth-order valence-corrected chi connectivity index (χ4v) is 3.48. The summed E-state index contributed by atoms with van der Waals surface area (Å²) < 4.78 is 0. The molecule has 19 heavy (non-hydrogen) atoms. The number of carbonyl (C=O) groups is 1. The van der Waals surface area contributed by atoms with E-state index in [0.29, 0.717) is 12.3 Å². The molecule has 2 fully saturated rings. The molecule has 1 aliphatic carbocycles. The first-order valence-corrected chi connectivity index (χ1v) is 7.77. The van der Waals surface area contributed by atoms with E-state index < -0.39 is 0 Å². The Hall–Kier alpha value is -0.610. The van der Waals surface area contributed by atoms with Crippen molar-refractivity contribution in [1.82, 2.24) is 15.5 Å². The van der Waals surface area contributed by atoms with Crippen LogP contribution >= 0.6 is 0 Å². The predicted octanol–water partition coefficient (Wildman–Crippen LogP) is 1.37. The summed E-state index contributed by atoms with van der Waals surface area (Å²) in [6, 6.07) is 0. The van der Waals surface area contributed by atoms with Gasteiger partial charge in [-0.1, -0.05) is 19.3 Å². The summed E-state index contributed by atoms with van der Waals surface area (Å²) in [5, 5.41) is 6.51. The lowest BCUT2D eigenvalue weighted by molar-refractivity contribution is -0.122. The van der Waals surface area contributed by atoms with Crippen LogP contribution in [0.15, 0.2) is 0 Å². The van der Waals surface area contributed by atoms with Crippen molar-refractivity contribution in [1.29, 1.82) is 0 Å². The standard InChI is InChI=1S/C15H29N3O/c1-18(2)15(7-4-3-5-8-15)12-17-14(19)10-13-6-9-16-11-13/h13,16H,3-12H2,1-2H3,(H,17,19). The number of rotatable bonds is 5. The van der Waals surface area contributed by atoms with Gasteiger partial charge in [-0.2, -0.15) is 0 Å². The van der Waals surface area contributed by atoms with Gasteiger partial charge in [-0.25, -0.2) is 0 Å². The van der Waals surface area contributed by atoms with Crippen molar-refractivity contribution in [3.05, 3.63) is 0 Å². The summed E-state index contributed by atoms with van der Waals surface area (Å²) in [5.41, 5.74) is 0.196. The van der Waals surface area contributed by atoms with Crippen molar-refractivity contribution in [3.8, 4) is 0 Å². The lowest BCUT2D eigenvalue weighted by Gasteiger charge is -2.43. The number of nitrogens with one attached hydrogen (secondary N) is 2. The molecular formula is C15H29N3O. The van der Waals surface area contributed by atoms with Gasteiger partial charge in [0.25, 0.3) is 0 Å². The fourth-order valence-electron chi connectivity index (χ4n) is 3.48. The Morgan fingerprint density at radius 3 is 2.63 bits per heavy atom. The molecule has 1 aliphatic heterocycles. The third-order valence-electron chi connectivity index (χ3n) is 4.98. The second-order valence-electron chi connectivity index (χ2n) is 6.52. The number of nitrogens with zero attached hydrogens (tertiary/aromatic N) is 1. The van der Waals surface area contributed by atoms with Crippen LogP contribution in [0.2, 0.25) is 0 Å². The molecule has 4 nitrogen and oxygen atoms in total. The third-order valence-corrected chi connectivity index (χ3v) is 4.98. The molecule has 2 rings (SSSR count). The monoisotopic (exact) mass is 267 g/mol. The summed E-state index contributed by atoms with van der Waals surface area (Å²) >= 11 is 0. The van der Waals surface area contributed by atoms with Gasteiger partial charge in [-0.3, -0.25) is 4.79 Å². The van der Waals surface area contributed by atoms with Crippen molar-refractivity contribution in [3.63, 3.8) is 0 Å². The Labute approximate surface area is 117 Å². The maximum atomic E-state index is 12.0. The van der Waals surface area contributed by atoms with Gasteiger partial charge in [0.1, 0.15) is 0 Å². The second-order valence-corrected chi connectivity index (χ2v) is 6.52. The smallest absolute Gasteiger partial charge is 0.220 e. The molecule has 1 heterocycles. The molecular weight excluding hydrogens is 238 g/mol. The zero-order valence-corrected chi connectivity index (χ0v) is 12.5. The largest absolute Gasteiger partial charge is 0.354 e. The van der Waals surface area contributed by atoms with Gasteiger partial charge in [-0.05, 0) is 52.4 Å². The van der Waals surface area contributed by atoms with Gasteiger partial charge >= 0.3 is 0 Å². The Kier molecular flexibility index (Phi) is 5.22.